The van der Waals surface area contributed by atoms with Gasteiger partial charge in [-0.3, -0.25) is 0 Å². The van der Waals surface area contributed by atoms with Gasteiger partial charge in [0.05, 0.1) is 5.56 Å². The lowest BCUT2D eigenvalue weighted by Crippen LogP contribution is -2.15. The molecule has 0 bridgehead atoms. The van der Waals surface area contributed by atoms with Crippen LogP contribution < -0.4 is 0 Å². The Morgan fingerprint density at radius 1 is 1.18 bits per heavy atom. The maximum absolute atomic E-state index is 13.2. The van der Waals surface area contributed by atoms with Crippen LogP contribution in [-0.2, 0) is 0 Å². The number of carboxylic acids is 1. The molecule has 1 N–H and O–H groups in total. The minimum atomic E-state index is -0.907. The lowest BCUT2D eigenvalue weighted by molar-refractivity contribution is 0.0696. The highest BCUT2D eigenvalue weighted by Crippen LogP contribution is 2.36. The molecule has 2 aromatic rings. The fraction of sp³-hybridized carbons (Fsp3) is 0.389. The second-order valence-electron chi connectivity index (χ2n) is 6.00. The first kappa shape index (κ1) is 14.8. The van der Waals surface area contributed by atoms with Gasteiger partial charge in [0.1, 0.15) is 5.82 Å². The number of halogens is 1. The van der Waals surface area contributed by atoms with E-state index in [0.29, 0.717) is 11.6 Å². The Balaban J connectivity index is 2.12. The van der Waals surface area contributed by atoms with Crippen molar-refractivity contribution < 1.29 is 14.3 Å². The smallest absolute Gasteiger partial charge is 0.337 e. The van der Waals surface area contributed by atoms with Crippen LogP contribution in [0.25, 0.3) is 11.3 Å². The van der Waals surface area contributed by atoms with Gasteiger partial charge < -0.3 is 9.67 Å². The van der Waals surface area contributed by atoms with E-state index in [1.165, 1.54) is 31.4 Å². The summed E-state index contributed by atoms with van der Waals surface area (Å²) in [5.74, 6) is -1.19. The van der Waals surface area contributed by atoms with Crippen molar-refractivity contribution in [2.45, 2.75) is 45.1 Å². The Morgan fingerprint density at radius 2 is 1.82 bits per heavy atom. The molecule has 0 atom stereocenters. The summed E-state index contributed by atoms with van der Waals surface area (Å²) >= 11 is 0. The summed E-state index contributed by atoms with van der Waals surface area (Å²) in [6.07, 6.45) is 5.74. The summed E-state index contributed by atoms with van der Waals surface area (Å²) in [4.78, 5) is 11.5. The fourth-order valence-electron chi connectivity index (χ4n) is 3.49. The summed E-state index contributed by atoms with van der Waals surface area (Å²) in [5.41, 5.74) is 2.87. The molecule has 1 aliphatic carbocycles. The van der Waals surface area contributed by atoms with E-state index in [0.717, 1.165) is 29.8 Å². The highest BCUT2D eigenvalue weighted by atomic mass is 19.1. The van der Waals surface area contributed by atoms with Crippen molar-refractivity contribution in [2.75, 3.05) is 0 Å². The van der Waals surface area contributed by atoms with Crippen LogP contribution >= 0.6 is 0 Å². The van der Waals surface area contributed by atoms with Crippen LogP contribution in [0.4, 0.5) is 4.39 Å². The molecule has 0 amide bonds. The molecule has 1 saturated carbocycles. The molecule has 0 radical (unpaired) electrons. The monoisotopic (exact) mass is 301 g/mol. The molecule has 1 heterocycles. The second-order valence-corrected chi connectivity index (χ2v) is 6.00. The van der Waals surface area contributed by atoms with Crippen LogP contribution in [0.2, 0.25) is 0 Å². The zero-order valence-electron chi connectivity index (χ0n) is 12.7. The molecule has 0 aliphatic heterocycles. The van der Waals surface area contributed by atoms with E-state index < -0.39 is 5.97 Å². The average Bonchev–Trinajstić information content (AvgIpc) is 2.86. The first-order valence-corrected chi connectivity index (χ1v) is 7.79. The number of carboxylic acid groups (broad SMARTS) is 1. The number of aromatic carboxylic acids is 1. The Labute approximate surface area is 129 Å². The van der Waals surface area contributed by atoms with E-state index >= 15 is 0 Å². The van der Waals surface area contributed by atoms with Gasteiger partial charge in [-0.25, -0.2) is 9.18 Å². The van der Waals surface area contributed by atoms with Gasteiger partial charge in [0.15, 0.2) is 0 Å². The van der Waals surface area contributed by atoms with Gasteiger partial charge in [-0.1, -0.05) is 19.3 Å². The van der Waals surface area contributed by atoms with Gasteiger partial charge in [0, 0.05) is 17.4 Å². The molecule has 3 nitrogen and oxygen atoms in total. The zero-order chi connectivity index (χ0) is 15.7. The van der Waals surface area contributed by atoms with Crippen molar-refractivity contribution in [3.63, 3.8) is 0 Å². The van der Waals surface area contributed by atoms with Crippen LogP contribution in [0.15, 0.2) is 30.3 Å². The molecule has 4 heteroatoms. The molecule has 1 aliphatic rings. The van der Waals surface area contributed by atoms with Crippen molar-refractivity contribution in [3.8, 4) is 11.3 Å². The molecule has 116 valence electrons. The number of rotatable bonds is 3. The molecule has 22 heavy (non-hydrogen) atoms. The molecule has 1 aromatic heterocycles. The third-order valence-electron chi connectivity index (χ3n) is 4.60. The van der Waals surface area contributed by atoms with Crippen LogP contribution in [0.3, 0.4) is 0 Å². The topological polar surface area (TPSA) is 42.2 Å². The van der Waals surface area contributed by atoms with Crippen LogP contribution in [0, 0.1) is 12.7 Å². The van der Waals surface area contributed by atoms with E-state index in [2.05, 4.69) is 4.57 Å². The van der Waals surface area contributed by atoms with Crippen LogP contribution in [0.5, 0.6) is 0 Å². The summed E-state index contributed by atoms with van der Waals surface area (Å²) in [6, 6.07) is 8.33. The van der Waals surface area contributed by atoms with Crippen LogP contribution in [-0.4, -0.2) is 15.6 Å². The molecule has 0 saturated heterocycles. The van der Waals surface area contributed by atoms with E-state index in [4.69, 9.17) is 0 Å². The molecule has 0 spiro atoms. The van der Waals surface area contributed by atoms with E-state index in [-0.39, 0.29) is 5.82 Å². The van der Waals surface area contributed by atoms with Gasteiger partial charge in [-0.15, -0.1) is 0 Å². The van der Waals surface area contributed by atoms with Crippen molar-refractivity contribution in [1.29, 1.82) is 0 Å². The van der Waals surface area contributed by atoms with Crippen molar-refractivity contribution in [2.24, 2.45) is 0 Å². The van der Waals surface area contributed by atoms with E-state index in [1.807, 2.05) is 6.92 Å². The normalized spacial score (nSPS) is 15.9. The van der Waals surface area contributed by atoms with Gasteiger partial charge in [0.2, 0.25) is 0 Å². The number of hydrogen-bond donors (Lipinski definition) is 1. The summed E-state index contributed by atoms with van der Waals surface area (Å²) < 4.78 is 15.3. The minimum Gasteiger partial charge on any atom is -0.478 e. The number of aromatic nitrogens is 1. The molecule has 1 fully saturated rings. The quantitative estimate of drug-likeness (QED) is 0.884. The molecular weight excluding hydrogens is 281 g/mol. The summed E-state index contributed by atoms with van der Waals surface area (Å²) in [6.45, 7) is 1.87. The predicted octanol–water partition coefficient (Wildman–Crippen LogP) is 4.81. The van der Waals surface area contributed by atoms with Crippen LogP contribution in [0.1, 0.15) is 54.2 Å². The van der Waals surface area contributed by atoms with E-state index in [9.17, 15) is 14.3 Å². The minimum absolute atomic E-state index is 0.283. The predicted molar refractivity (Wildman–Crippen MR) is 83.6 cm³/mol. The lowest BCUT2D eigenvalue weighted by atomic mass is 9.94. The van der Waals surface area contributed by atoms with Gasteiger partial charge in [0.25, 0.3) is 0 Å². The lowest BCUT2D eigenvalue weighted by Gasteiger charge is -2.27. The van der Waals surface area contributed by atoms with E-state index in [1.54, 1.807) is 18.2 Å². The molecular formula is C18H20FNO2. The first-order valence-electron chi connectivity index (χ1n) is 7.79. The number of benzene rings is 1. The first-order chi connectivity index (χ1) is 10.6. The highest BCUT2D eigenvalue weighted by Gasteiger charge is 2.24. The summed E-state index contributed by atoms with van der Waals surface area (Å²) in [5, 5.41) is 9.42. The third-order valence-corrected chi connectivity index (χ3v) is 4.60. The van der Waals surface area contributed by atoms with Gasteiger partial charge in [-0.2, -0.15) is 0 Å². The number of hydrogen-bond acceptors (Lipinski definition) is 1. The highest BCUT2D eigenvalue weighted by molar-refractivity contribution is 5.91. The van der Waals surface area contributed by atoms with Crippen molar-refractivity contribution in [1.82, 2.24) is 4.57 Å². The molecule has 1 aromatic carbocycles. The van der Waals surface area contributed by atoms with Gasteiger partial charge in [-0.05, 0) is 55.7 Å². The summed E-state index contributed by atoms with van der Waals surface area (Å²) in [7, 11) is 0. The second kappa shape index (κ2) is 5.95. The fourth-order valence-corrected chi connectivity index (χ4v) is 3.49. The Kier molecular flexibility index (Phi) is 4.01. The Morgan fingerprint density at radius 3 is 2.41 bits per heavy atom. The third kappa shape index (κ3) is 2.65. The average molecular weight is 301 g/mol. The standard InChI is InChI=1S/C18H20FNO2/c1-12-16(18(21)22)11-17(13-7-9-14(19)10-8-13)20(12)15-5-3-2-4-6-15/h7-11,15H,2-6H2,1H3,(H,21,22). The number of carbonyl (C=O) groups is 1. The maximum atomic E-state index is 13.2. The molecule has 3 rings (SSSR count). The van der Waals surface area contributed by atoms with Crippen molar-refractivity contribution >= 4 is 5.97 Å². The largest absolute Gasteiger partial charge is 0.478 e. The van der Waals surface area contributed by atoms with Crippen molar-refractivity contribution in [3.05, 3.63) is 47.4 Å². The SMILES string of the molecule is Cc1c(C(=O)O)cc(-c2ccc(F)cc2)n1C1CCCCC1. The molecule has 0 unspecified atom stereocenters. The Hall–Kier alpha value is -2.10. The zero-order valence-corrected chi connectivity index (χ0v) is 12.7. The maximum Gasteiger partial charge on any atom is 0.337 e. The Bertz CT molecular complexity index is 682. The van der Waals surface area contributed by atoms with Gasteiger partial charge >= 0.3 is 5.97 Å². The number of nitrogens with zero attached hydrogens (tertiary/aromatic N) is 1.